The Bertz CT molecular complexity index is 468. The van der Waals surface area contributed by atoms with Gasteiger partial charge in [0, 0.05) is 23.3 Å². The van der Waals surface area contributed by atoms with Gasteiger partial charge in [0.1, 0.15) is 0 Å². The van der Waals surface area contributed by atoms with Gasteiger partial charge in [-0.25, -0.2) is 9.78 Å². The predicted molar refractivity (Wildman–Crippen MR) is 63.4 cm³/mol. The molecule has 2 unspecified atom stereocenters. The number of rotatable bonds is 3. The van der Waals surface area contributed by atoms with Gasteiger partial charge in [0.05, 0.1) is 0 Å². The van der Waals surface area contributed by atoms with Crippen LogP contribution in [0, 0.1) is 11.3 Å². The van der Waals surface area contributed by atoms with Gasteiger partial charge in [-0.3, -0.25) is 0 Å². The second-order valence-electron chi connectivity index (χ2n) is 4.99. The molecule has 2 saturated carbocycles. The highest BCUT2D eigenvalue weighted by atomic mass is 16.5. The standard InChI is InChI=1S/C14H15NO2/c1-10(14-7-4-5-11(14)9-14)13(16)17-12-6-2-3-8-15-12/h2-3,6,8,11H,1,4-5,7,9H2. The molecular formula is C14H15NO2. The summed E-state index contributed by atoms with van der Waals surface area (Å²) in [5.74, 6) is 0.713. The van der Waals surface area contributed by atoms with Crippen LogP contribution in [-0.4, -0.2) is 11.0 Å². The summed E-state index contributed by atoms with van der Waals surface area (Å²) in [6, 6.07) is 5.27. The maximum atomic E-state index is 12.0. The average molecular weight is 229 g/mol. The van der Waals surface area contributed by atoms with Crippen molar-refractivity contribution < 1.29 is 9.53 Å². The van der Waals surface area contributed by atoms with Crippen LogP contribution < -0.4 is 4.74 Å². The second kappa shape index (κ2) is 3.69. The lowest BCUT2D eigenvalue weighted by Gasteiger charge is -2.13. The Morgan fingerprint density at radius 3 is 3.00 bits per heavy atom. The van der Waals surface area contributed by atoms with Crippen LogP contribution in [0.1, 0.15) is 25.7 Å². The number of aromatic nitrogens is 1. The third kappa shape index (κ3) is 1.66. The summed E-state index contributed by atoms with van der Waals surface area (Å²) < 4.78 is 5.23. The summed E-state index contributed by atoms with van der Waals surface area (Å²) in [6.45, 7) is 3.94. The minimum absolute atomic E-state index is 0.0753. The largest absolute Gasteiger partial charge is 0.404 e. The van der Waals surface area contributed by atoms with Crippen molar-refractivity contribution >= 4 is 5.97 Å². The van der Waals surface area contributed by atoms with Crippen LogP contribution >= 0.6 is 0 Å². The molecule has 2 fully saturated rings. The Balaban J connectivity index is 1.69. The van der Waals surface area contributed by atoms with Gasteiger partial charge in [-0.15, -0.1) is 0 Å². The van der Waals surface area contributed by atoms with E-state index in [0.29, 0.717) is 17.4 Å². The first-order valence-corrected chi connectivity index (χ1v) is 6.05. The number of hydrogen-bond donors (Lipinski definition) is 0. The molecule has 2 atom stereocenters. The van der Waals surface area contributed by atoms with Gasteiger partial charge in [0.25, 0.3) is 0 Å². The Kier molecular flexibility index (Phi) is 2.28. The predicted octanol–water partition coefficient (Wildman–Crippen LogP) is 2.73. The van der Waals surface area contributed by atoms with Gasteiger partial charge in [-0.2, -0.15) is 0 Å². The molecule has 88 valence electrons. The van der Waals surface area contributed by atoms with Crippen molar-refractivity contribution in [3.8, 4) is 5.88 Å². The van der Waals surface area contributed by atoms with Crippen LogP contribution in [-0.2, 0) is 4.79 Å². The van der Waals surface area contributed by atoms with E-state index in [-0.39, 0.29) is 11.4 Å². The smallest absolute Gasteiger partial charge is 0.340 e. The molecule has 3 heteroatoms. The van der Waals surface area contributed by atoms with Gasteiger partial charge in [-0.05, 0) is 31.2 Å². The topological polar surface area (TPSA) is 39.2 Å². The molecule has 1 aromatic rings. The van der Waals surface area contributed by atoms with Crippen LogP contribution in [0.5, 0.6) is 5.88 Å². The Morgan fingerprint density at radius 2 is 2.41 bits per heavy atom. The fourth-order valence-electron chi connectivity index (χ4n) is 3.02. The lowest BCUT2D eigenvalue weighted by atomic mass is 9.94. The van der Waals surface area contributed by atoms with E-state index in [4.69, 9.17) is 4.74 Å². The fraction of sp³-hybridized carbons (Fsp3) is 0.429. The first kappa shape index (κ1) is 10.5. The number of hydrogen-bond acceptors (Lipinski definition) is 3. The quantitative estimate of drug-likeness (QED) is 0.591. The highest BCUT2D eigenvalue weighted by molar-refractivity contribution is 5.91. The van der Waals surface area contributed by atoms with Gasteiger partial charge >= 0.3 is 5.97 Å². The van der Waals surface area contributed by atoms with Crippen molar-refractivity contribution in [1.82, 2.24) is 4.98 Å². The van der Waals surface area contributed by atoms with Gasteiger partial charge in [0.15, 0.2) is 0 Å². The van der Waals surface area contributed by atoms with Crippen molar-refractivity contribution in [3.63, 3.8) is 0 Å². The van der Waals surface area contributed by atoms with E-state index < -0.39 is 0 Å². The van der Waals surface area contributed by atoms with E-state index in [0.717, 1.165) is 12.8 Å². The van der Waals surface area contributed by atoms with E-state index in [1.807, 2.05) is 0 Å². The molecule has 0 saturated heterocycles. The summed E-state index contributed by atoms with van der Waals surface area (Å²) in [7, 11) is 0. The fourth-order valence-corrected chi connectivity index (χ4v) is 3.02. The third-order valence-corrected chi connectivity index (χ3v) is 4.09. The zero-order valence-electron chi connectivity index (χ0n) is 9.69. The lowest BCUT2D eigenvalue weighted by Crippen LogP contribution is -2.18. The SMILES string of the molecule is C=C(C(=O)Oc1ccccn1)C12CCCC1C2. The molecule has 2 aliphatic rings. The Labute approximate surface area is 101 Å². The van der Waals surface area contributed by atoms with Crippen LogP contribution in [0.3, 0.4) is 0 Å². The highest BCUT2D eigenvalue weighted by Gasteiger charge is 2.60. The maximum absolute atomic E-state index is 12.0. The van der Waals surface area contributed by atoms with Crippen molar-refractivity contribution in [2.45, 2.75) is 25.7 Å². The molecule has 1 heterocycles. The number of nitrogens with zero attached hydrogens (tertiary/aromatic N) is 1. The lowest BCUT2D eigenvalue weighted by molar-refractivity contribution is -0.131. The highest BCUT2D eigenvalue weighted by Crippen LogP contribution is 2.67. The summed E-state index contributed by atoms with van der Waals surface area (Å²) in [5, 5.41) is 0. The maximum Gasteiger partial charge on any atom is 0.340 e. The third-order valence-electron chi connectivity index (χ3n) is 4.09. The number of fused-ring (bicyclic) bond motifs is 1. The minimum atomic E-state index is -0.312. The van der Waals surface area contributed by atoms with Crippen molar-refractivity contribution in [1.29, 1.82) is 0 Å². The molecule has 2 aliphatic carbocycles. The van der Waals surface area contributed by atoms with Crippen LogP contribution in [0.4, 0.5) is 0 Å². The number of pyridine rings is 1. The number of carbonyl (C=O) groups excluding carboxylic acids is 1. The molecule has 3 rings (SSSR count). The second-order valence-corrected chi connectivity index (χ2v) is 4.99. The van der Waals surface area contributed by atoms with E-state index in [1.165, 1.54) is 12.8 Å². The van der Waals surface area contributed by atoms with Crippen LogP contribution in [0.2, 0.25) is 0 Å². The van der Waals surface area contributed by atoms with E-state index in [1.54, 1.807) is 24.4 Å². The molecular weight excluding hydrogens is 214 g/mol. The van der Waals surface area contributed by atoms with E-state index in [2.05, 4.69) is 11.6 Å². The molecule has 0 spiro atoms. The van der Waals surface area contributed by atoms with Gasteiger partial charge in [-0.1, -0.05) is 19.1 Å². The molecule has 0 aliphatic heterocycles. The normalized spacial score (nSPS) is 29.5. The Morgan fingerprint density at radius 1 is 1.53 bits per heavy atom. The zero-order chi connectivity index (χ0) is 11.9. The zero-order valence-corrected chi connectivity index (χ0v) is 9.69. The van der Waals surface area contributed by atoms with Gasteiger partial charge in [0.2, 0.25) is 5.88 Å². The molecule has 3 nitrogen and oxygen atoms in total. The molecule has 0 bridgehead atoms. The summed E-state index contributed by atoms with van der Waals surface area (Å²) >= 11 is 0. The van der Waals surface area contributed by atoms with Crippen LogP contribution in [0.15, 0.2) is 36.5 Å². The van der Waals surface area contributed by atoms with Crippen molar-refractivity contribution in [3.05, 3.63) is 36.5 Å². The summed E-state index contributed by atoms with van der Waals surface area (Å²) in [6.07, 6.45) is 6.26. The number of ether oxygens (including phenoxy) is 1. The van der Waals surface area contributed by atoms with Crippen LogP contribution in [0.25, 0.3) is 0 Å². The molecule has 0 aromatic carbocycles. The first-order valence-electron chi connectivity index (χ1n) is 6.05. The van der Waals surface area contributed by atoms with Crippen molar-refractivity contribution in [2.24, 2.45) is 11.3 Å². The average Bonchev–Trinajstić information content (AvgIpc) is 2.92. The van der Waals surface area contributed by atoms with Gasteiger partial charge < -0.3 is 4.74 Å². The Hall–Kier alpha value is -1.64. The summed E-state index contributed by atoms with van der Waals surface area (Å²) in [5.41, 5.74) is 0.719. The van der Waals surface area contributed by atoms with E-state index in [9.17, 15) is 4.79 Å². The molecule has 0 amide bonds. The molecule has 1 aromatic heterocycles. The first-order chi connectivity index (χ1) is 8.22. The minimum Gasteiger partial charge on any atom is -0.404 e. The molecule has 17 heavy (non-hydrogen) atoms. The molecule has 0 radical (unpaired) electrons. The number of esters is 1. The van der Waals surface area contributed by atoms with Crippen molar-refractivity contribution in [2.75, 3.05) is 0 Å². The molecule has 0 N–H and O–H groups in total. The number of carbonyl (C=O) groups is 1. The summed E-state index contributed by atoms with van der Waals surface area (Å²) in [4.78, 5) is 15.9. The monoisotopic (exact) mass is 229 g/mol. The van der Waals surface area contributed by atoms with E-state index >= 15 is 0 Å².